The van der Waals surface area contributed by atoms with Gasteiger partial charge in [0.15, 0.2) is 9.84 Å². The normalized spacial score (nSPS) is 11.8. The van der Waals surface area contributed by atoms with Gasteiger partial charge in [-0.05, 0) is 49.7 Å². The Hall–Kier alpha value is -2.61. The van der Waals surface area contributed by atoms with E-state index in [-0.39, 0.29) is 22.6 Å². The van der Waals surface area contributed by atoms with Crippen LogP contribution in [0.5, 0.6) is 0 Å². The molecule has 136 valence electrons. The lowest BCUT2D eigenvalue weighted by molar-refractivity contribution is 0.400. The molecule has 8 heteroatoms. The first-order valence-electron chi connectivity index (χ1n) is 7.52. The Bertz CT molecular complexity index is 1120. The largest absolute Gasteiger partial charge is 0.360 e. The molecule has 0 bridgehead atoms. The molecule has 1 aromatic heterocycles. The SMILES string of the molecule is Cc1cc(-c2noc(C)c2-c2cc(F)c(S(C)(=O)=O)cc2F)ccc1F. The van der Waals surface area contributed by atoms with Crippen molar-refractivity contribution in [1.82, 2.24) is 5.16 Å². The van der Waals surface area contributed by atoms with Crippen LogP contribution in [0.15, 0.2) is 39.8 Å². The van der Waals surface area contributed by atoms with Crippen LogP contribution in [0.1, 0.15) is 11.3 Å². The molecule has 0 N–H and O–H groups in total. The number of hydrogen-bond acceptors (Lipinski definition) is 4. The van der Waals surface area contributed by atoms with E-state index in [1.165, 1.54) is 25.1 Å². The highest BCUT2D eigenvalue weighted by Crippen LogP contribution is 2.37. The Balaban J connectivity index is 2.24. The van der Waals surface area contributed by atoms with Gasteiger partial charge in [0, 0.05) is 17.4 Å². The van der Waals surface area contributed by atoms with E-state index in [9.17, 15) is 21.6 Å². The Morgan fingerprint density at radius 1 is 0.962 bits per heavy atom. The number of halogens is 3. The van der Waals surface area contributed by atoms with Crippen LogP contribution < -0.4 is 0 Å². The van der Waals surface area contributed by atoms with Crippen molar-refractivity contribution in [3.8, 4) is 22.4 Å². The summed E-state index contributed by atoms with van der Waals surface area (Å²) >= 11 is 0. The zero-order chi connectivity index (χ0) is 19.2. The summed E-state index contributed by atoms with van der Waals surface area (Å²) in [7, 11) is -3.92. The Kier molecular flexibility index (Phi) is 4.39. The number of benzene rings is 2. The second kappa shape index (κ2) is 6.28. The van der Waals surface area contributed by atoms with E-state index in [2.05, 4.69) is 5.16 Å². The molecule has 2 aromatic carbocycles. The molecule has 0 saturated carbocycles. The summed E-state index contributed by atoms with van der Waals surface area (Å²) in [5.74, 6) is -2.21. The summed E-state index contributed by atoms with van der Waals surface area (Å²) in [5, 5.41) is 3.87. The first-order chi connectivity index (χ1) is 12.1. The van der Waals surface area contributed by atoms with E-state index >= 15 is 0 Å². The second-order valence-corrected chi connectivity index (χ2v) is 7.95. The minimum Gasteiger partial charge on any atom is -0.360 e. The number of rotatable bonds is 3. The number of sulfone groups is 1. The number of nitrogens with zero attached hydrogens (tertiary/aromatic N) is 1. The standard InChI is InChI=1S/C18H14F3NO3S/c1-9-6-11(4-5-13(9)19)18-17(10(2)25-22-18)12-7-15(21)16(8-14(12)20)26(3,23)24/h4-8H,1-3H3. The zero-order valence-electron chi connectivity index (χ0n) is 14.1. The molecule has 26 heavy (non-hydrogen) atoms. The predicted molar refractivity (Wildman–Crippen MR) is 89.8 cm³/mol. The molecule has 0 saturated heterocycles. The van der Waals surface area contributed by atoms with Crippen LogP contribution in [0.2, 0.25) is 0 Å². The van der Waals surface area contributed by atoms with Gasteiger partial charge in [0.25, 0.3) is 0 Å². The van der Waals surface area contributed by atoms with Gasteiger partial charge in [-0.25, -0.2) is 21.6 Å². The maximum atomic E-state index is 14.6. The molecular formula is C18H14F3NO3S. The van der Waals surface area contributed by atoms with Gasteiger partial charge in [0.1, 0.15) is 33.8 Å². The molecule has 0 unspecified atom stereocenters. The van der Waals surface area contributed by atoms with Gasteiger partial charge in [0.2, 0.25) is 0 Å². The third-order valence-electron chi connectivity index (χ3n) is 3.98. The van der Waals surface area contributed by atoms with E-state index in [0.29, 0.717) is 17.2 Å². The van der Waals surface area contributed by atoms with E-state index in [0.717, 1.165) is 12.3 Å². The van der Waals surface area contributed by atoms with Crippen LogP contribution in [0.4, 0.5) is 13.2 Å². The predicted octanol–water partition coefficient (Wildman–Crippen LogP) is 4.45. The molecule has 3 rings (SSSR count). The molecule has 0 radical (unpaired) electrons. The lowest BCUT2D eigenvalue weighted by atomic mass is 9.98. The van der Waals surface area contributed by atoms with Crippen molar-refractivity contribution in [3.05, 3.63) is 59.1 Å². The Labute approximate surface area is 148 Å². The first kappa shape index (κ1) is 18.2. The fraction of sp³-hybridized carbons (Fsp3) is 0.167. The van der Waals surface area contributed by atoms with Crippen molar-refractivity contribution in [2.24, 2.45) is 0 Å². The molecule has 0 atom stereocenters. The smallest absolute Gasteiger partial charge is 0.178 e. The first-order valence-corrected chi connectivity index (χ1v) is 9.41. The highest BCUT2D eigenvalue weighted by atomic mass is 32.2. The molecule has 1 heterocycles. The summed E-state index contributed by atoms with van der Waals surface area (Å²) in [5.41, 5.74) is 1.00. The maximum Gasteiger partial charge on any atom is 0.178 e. The number of aryl methyl sites for hydroxylation is 2. The maximum absolute atomic E-state index is 14.6. The zero-order valence-corrected chi connectivity index (χ0v) is 14.9. The van der Waals surface area contributed by atoms with Crippen molar-refractivity contribution in [2.75, 3.05) is 6.26 Å². The van der Waals surface area contributed by atoms with E-state index in [1.807, 2.05) is 0 Å². The molecule has 0 aliphatic heterocycles. The number of aromatic nitrogens is 1. The summed E-state index contributed by atoms with van der Waals surface area (Å²) in [6.07, 6.45) is 0.794. The molecule has 0 aliphatic rings. The molecule has 0 aliphatic carbocycles. The van der Waals surface area contributed by atoms with Crippen molar-refractivity contribution in [2.45, 2.75) is 18.7 Å². The van der Waals surface area contributed by atoms with Gasteiger partial charge in [-0.3, -0.25) is 0 Å². The molecular weight excluding hydrogens is 367 g/mol. The fourth-order valence-electron chi connectivity index (χ4n) is 2.68. The average molecular weight is 381 g/mol. The van der Waals surface area contributed by atoms with Crippen LogP contribution in [0.25, 0.3) is 22.4 Å². The lowest BCUT2D eigenvalue weighted by Crippen LogP contribution is -2.03. The van der Waals surface area contributed by atoms with Gasteiger partial charge in [-0.15, -0.1) is 0 Å². The molecule has 0 amide bonds. The fourth-order valence-corrected chi connectivity index (χ4v) is 3.41. The molecule has 4 nitrogen and oxygen atoms in total. The molecule has 3 aromatic rings. The van der Waals surface area contributed by atoms with Gasteiger partial charge in [-0.1, -0.05) is 5.16 Å². The summed E-state index contributed by atoms with van der Waals surface area (Å²) in [6.45, 7) is 3.08. The molecule has 0 fully saturated rings. The lowest BCUT2D eigenvalue weighted by Gasteiger charge is -2.08. The van der Waals surface area contributed by atoms with Crippen molar-refractivity contribution >= 4 is 9.84 Å². The van der Waals surface area contributed by atoms with Crippen LogP contribution in [0, 0.1) is 31.3 Å². The van der Waals surface area contributed by atoms with Crippen molar-refractivity contribution in [1.29, 1.82) is 0 Å². The quantitative estimate of drug-likeness (QED) is 0.673. The minimum atomic E-state index is -3.92. The van der Waals surface area contributed by atoms with E-state index in [4.69, 9.17) is 4.52 Å². The van der Waals surface area contributed by atoms with Gasteiger partial charge in [-0.2, -0.15) is 0 Å². The van der Waals surface area contributed by atoms with E-state index < -0.39 is 32.2 Å². The Morgan fingerprint density at radius 3 is 2.27 bits per heavy atom. The van der Waals surface area contributed by atoms with Crippen LogP contribution in [-0.4, -0.2) is 19.8 Å². The van der Waals surface area contributed by atoms with Gasteiger partial charge < -0.3 is 4.52 Å². The van der Waals surface area contributed by atoms with Crippen LogP contribution in [-0.2, 0) is 9.84 Å². The van der Waals surface area contributed by atoms with Crippen LogP contribution >= 0.6 is 0 Å². The third-order valence-corrected chi connectivity index (χ3v) is 5.10. The average Bonchev–Trinajstić information content (AvgIpc) is 2.92. The van der Waals surface area contributed by atoms with Crippen LogP contribution in [0.3, 0.4) is 0 Å². The van der Waals surface area contributed by atoms with Gasteiger partial charge >= 0.3 is 0 Å². The monoisotopic (exact) mass is 381 g/mol. The molecule has 0 spiro atoms. The summed E-state index contributed by atoms with van der Waals surface area (Å²) in [4.78, 5) is -0.730. The van der Waals surface area contributed by atoms with Gasteiger partial charge in [0.05, 0.1) is 5.56 Å². The summed E-state index contributed by atoms with van der Waals surface area (Å²) < 4.78 is 70.6. The number of hydrogen-bond donors (Lipinski definition) is 0. The Morgan fingerprint density at radius 2 is 1.65 bits per heavy atom. The second-order valence-electron chi connectivity index (χ2n) is 5.96. The topological polar surface area (TPSA) is 60.2 Å². The third kappa shape index (κ3) is 3.12. The highest BCUT2D eigenvalue weighted by molar-refractivity contribution is 7.90. The van der Waals surface area contributed by atoms with Crippen molar-refractivity contribution in [3.63, 3.8) is 0 Å². The highest BCUT2D eigenvalue weighted by Gasteiger charge is 2.24. The van der Waals surface area contributed by atoms with Crippen molar-refractivity contribution < 1.29 is 26.1 Å². The van der Waals surface area contributed by atoms with E-state index in [1.54, 1.807) is 6.92 Å². The summed E-state index contributed by atoms with van der Waals surface area (Å²) in [6, 6.07) is 5.62. The minimum absolute atomic E-state index is 0.174.